The van der Waals surface area contributed by atoms with Gasteiger partial charge < -0.3 is 0 Å². The Morgan fingerprint density at radius 3 is 3.00 bits per heavy atom. The van der Waals surface area contributed by atoms with Gasteiger partial charge in [0.25, 0.3) is 0 Å². The summed E-state index contributed by atoms with van der Waals surface area (Å²) in [5.74, 6) is -0.541. The van der Waals surface area contributed by atoms with Crippen molar-refractivity contribution in [3.63, 3.8) is 0 Å². The quantitative estimate of drug-likeness (QED) is 0.637. The number of nitrogens with one attached hydrogen (secondary N) is 2. The molecule has 2 amide bonds. The van der Waals surface area contributed by atoms with Crippen LogP contribution in [0.1, 0.15) is 18.4 Å². The lowest BCUT2D eigenvalue weighted by atomic mass is 10.2. The zero-order valence-electron chi connectivity index (χ0n) is 9.89. The van der Waals surface area contributed by atoms with E-state index >= 15 is 0 Å². The number of halogens is 1. The number of hydrazone groups is 2. The van der Waals surface area contributed by atoms with Crippen LogP contribution in [0.3, 0.4) is 0 Å². The molecule has 6 nitrogen and oxygen atoms in total. The summed E-state index contributed by atoms with van der Waals surface area (Å²) in [7, 11) is 0. The Morgan fingerprint density at radius 2 is 2.32 bits per heavy atom. The average molecular weight is 279 g/mol. The van der Waals surface area contributed by atoms with Gasteiger partial charge in [-0.1, -0.05) is 29.8 Å². The van der Waals surface area contributed by atoms with Crippen molar-refractivity contribution in [1.82, 2.24) is 10.9 Å². The smallest absolute Gasteiger partial charge is 0.245 e. The third-order valence-corrected chi connectivity index (χ3v) is 2.71. The van der Waals surface area contributed by atoms with Crippen LogP contribution in [-0.2, 0) is 9.59 Å². The fourth-order valence-electron chi connectivity index (χ4n) is 1.49. The van der Waals surface area contributed by atoms with Crippen molar-refractivity contribution in [1.29, 1.82) is 0 Å². The van der Waals surface area contributed by atoms with E-state index in [9.17, 15) is 9.59 Å². The van der Waals surface area contributed by atoms with Crippen LogP contribution >= 0.6 is 11.6 Å². The Morgan fingerprint density at radius 1 is 1.53 bits per heavy atom. The van der Waals surface area contributed by atoms with Crippen LogP contribution in [0.25, 0.3) is 0 Å². The molecule has 2 rings (SSSR count). The second-order valence-corrected chi connectivity index (χ2v) is 4.29. The van der Waals surface area contributed by atoms with Gasteiger partial charge in [0.1, 0.15) is 0 Å². The third kappa shape index (κ3) is 3.89. The van der Waals surface area contributed by atoms with Crippen molar-refractivity contribution in [2.75, 3.05) is 0 Å². The summed E-state index contributed by atoms with van der Waals surface area (Å²) in [6.45, 7) is 0. The number of carbonyl (C=O) groups excluding carboxylic acids is 2. The minimum Gasteiger partial charge on any atom is -0.273 e. The largest absolute Gasteiger partial charge is 0.273 e. The van der Waals surface area contributed by atoms with Gasteiger partial charge in [-0.25, -0.2) is 10.9 Å². The van der Waals surface area contributed by atoms with Crippen LogP contribution in [0, 0.1) is 0 Å². The second kappa shape index (κ2) is 6.10. The van der Waals surface area contributed by atoms with Crippen LogP contribution in [0.4, 0.5) is 0 Å². The van der Waals surface area contributed by atoms with Gasteiger partial charge in [-0.3, -0.25) is 9.59 Å². The first-order valence-corrected chi connectivity index (χ1v) is 5.93. The van der Waals surface area contributed by atoms with E-state index in [4.69, 9.17) is 11.6 Å². The van der Waals surface area contributed by atoms with E-state index in [0.29, 0.717) is 16.3 Å². The highest BCUT2D eigenvalue weighted by Crippen LogP contribution is 2.12. The summed E-state index contributed by atoms with van der Waals surface area (Å²) in [6.07, 6.45) is 1.65. The standard InChI is InChI=1S/C12H11ClN4O2/c13-10-4-2-1-3-8(10)7-14-16-11(18)5-9-6-12(19)17-15-9/h1-4,7H,5-6H2,(H,16,18)(H,17,19)/b14-7+. The normalized spacial score (nSPS) is 14.4. The first kappa shape index (κ1) is 13.2. The zero-order valence-corrected chi connectivity index (χ0v) is 10.6. The van der Waals surface area contributed by atoms with Crippen LogP contribution in [-0.4, -0.2) is 23.7 Å². The highest BCUT2D eigenvalue weighted by Gasteiger charge is 2.16. The highest BCUT2D eigenvalue weighted by atomic mass is 35.5. The van der Waals surface area contributed by atoms with Crippen molar-refractivity contribution in [2.24, 2.45) is 10.2 Å². The van der Waals surface area contributed by atoms with Gasteiger partial charge in [-0.15, -0.1) is 0 Å². The Hall–Kier alpha value is -2.21. The van der Waals surface area contributed by atoms with Crippen LogP contribution in [0.5, 0.6) is 0 Å². The molecule has 2 N–H and O–H groups in total. The monoisotopic (exact) mass is 278 g/mol. The molecule has 0 unspecified atom stereocenters. The van der Waals surface area contributed by atoms with Gasteiger partial charge in [-0.05, 0) is 6.07 Å². The lowest BCUT2D eigenvalue weighted by Crippen LogP contribution is -2.20. The molecule has 0 radical (unpaired) electrons. The number of nitrogens with zero attached hydrogens (tertiary/aromatic N) is 2. The van der Waals surface area contributed by atoms with Crippen LogP contribution in [0.15, 0.2) is 34.5 Å². The maximum Gasteiger partial charge on any atom is 0.245 e. The summed E-state index contributed by atoms with van der Waals surface area (Å²) in [5, 5.41) is 8.07. The number of amides is 2. The molecule has 1 aromatic rings. The molecule has 1 aliphatic heterocycles. The molecule has 0 fully saturated rings. The molecule has 1 heterocycles. The van der Waals surface area contributed by atoms with Crippen molar-refractivity contribution in [2.45, 2.75) is 12.8 Å². The summed E-state index contributed by atoms with van der Waals surface area (Å²) in [6, 6.07) is 7.14. The molecular formula is C12H11ClN4O2. The minimum absolute atomic E-state index is 0.0403. The maximum atomic E-state index is 11.5. The number of rotatable bonds is 4. The predicted molar refractivity (Wildman–Crippen MR) is 72.0 cm³/mol. The summed E-state index contributed by atoms with van der Waals surface area (Å²) >= 11 is 5.92. The molecule has 0 aliphatic carbocycles. The molecule has 0 bridgehead atoms. The minimum atomic E-state index is -0.335. The molecule has 7 heteroatoms. The van der Waals surface area contributed by atoms with E-state index in [-0.39, 0.29) is 24.7 Å². The molecular weight excluding hydrogens is 268 g/mol. The maximum absolute atomic E-state index is 11.5. The Kier molecular flexibility index (Phi) is 4.25. The van der Waals surface area contributed by atoms with E-state index in [2.05, 4.69) is 21.1 Å². The Balaban J connectivity index is 1.84. The number of benzene rings is 1. The molecule has 98 valence electrons. The Labute approximate surface area is 114 Å². The Bertz CT molecular complexity index is 569. The third-order valence-electron chi connectivity index (χ3n) is 2.37. The van der Waals surface area contributed by atoms with E-state index in [0.717, 1.165) is 0 Å². The van der Waals surface area contributed by atoms with E-state index in [1.54, 1.807) is 18.2 Å². The van der Waals surface area contributed by atoms with Crippen molar-refractivity contribution >= 4 is 35.3 Å². The molecule has 1 aliphatic rings. The first-order chi connectivity index (χ1) is 9.15. The zero-order chi connectivity index (χ0) is 13.7. The number of carbonyl (C=O) groups is 2. The summed E-state index contributed by atoms with van der Waals surface area (Å²) < 4.78 is 0. The van der Waals surface area contributed by atoms with Gasteiger partial charge in [-0.2, -0.15) is 10.2 Å². The molecule has 0 saturated heterocycles. The molecule has 19 heavy (non-hydrogen) atoms. The molecule has 0 atom stereocenters. The summed E-state index contributed by atoms with van der Waals surface area (Å²) in [4.78, 5) is 22.4. The van der Waals surface area contributed by atoms with Crippen molar-refractivity contribution in [3.05, 3.63) is 34.9 Å². The fraction of sp³-hybridized carbons (Fsp3) is 0.167. The van der Waals surface area contributed by atoms with Gasteiger partial charge >= 0.3 is 0 Å². The lowest BCUT2D eigenvalue weighted by Gasteiger charge is -1.99. The number of hydrogen-bond acceptors (Lipinski definition) is 4. The summed E-state index contributed by atoms with van der Waals surface area (Å²) in [5.41, 5.74) is 5.83. The molecule has 1 aromatic carbocycles. The second-order valence-electron chi connectivity index (χ2n) is 3.88. The fourth-order valence-corrected chi connectivity index (χ4v) is 1.67. The SMILES string of the molecule is O=C1CC(CC(=O)N/N=C/c2ccccc2Cl)=NN1. The number of hydrogen-bond donors (Lipinski definition) is 2. The van der Waals surface area contributed by atoms with Gasteiger partial charge in [0, 0.05) is 10.6 Å². The van der Waals surface area contributed by atoms with Crippen LogP contribution < -0.4 is 10.9 Å². The predicted octanol–water partition coefficient (Wildman–Crippen LogP) is 1.06. The topological polar surface area (TPSA) is 82.9 Å². The first-order valence-electron chi connectivity index (χ1n) is 5.56. The molecule has 0 aromatic heterocycles. The average Bonchev–Trinajstić information content (AvgIpc) is 2.77. The lowest BCUT2D eigenvalue weighted by molar-refractivity contribution is -0.119. The van der Waals surface area contributed by atoms with Crippen LogP contribution in [0.2, 0.25) is 5.02 Å². The van der Waals surface area contributed by atoms with Gasteiger partial charge in [0.15, 0.2) is 0 Å². The van der Waals surface area contributed by atoms with E-state index in [1.807, 2.05) is 6.07 Å². The van der Waals surface area contributed by atoms with Crippen molar-refractivity contribution < 1.29 is 9.59 Å². The highest BCUT2D eigenvalue weighted by molar-refractivity contribution is 6.33. The molecule has 0 saturated carbocycles. The molecule has 0 spiro atoms. The van der Waals surface area contributed by atoms with E-state index in [1.165, 1.54) is 6.21 Å². The van der Waals surface area contributed by atoms with Crippen molar-refractivity contribution in [3.8, 4) is 0 Å². The van der Waals surface area contributed by atoms with E-state index < -0.39 is 0 Å². The van der Waals surface area contributed by atoms with Gasteiger partial charge in [0.2, 0.25) is 11.8 Å². The van der Waals surface area contributed by atoms with Gasteiger partial charge in [0.05, 0.1) is 24.8 Å².